The number of hydrogen-bond donors (Lipinski definition) is 1. The molecule has 1 unspecified atom stereocenters. The molecule has 1 N–H and O–H groups in total. The van der Waals surface area contributed by atoms with E-state index in [0.29, 0.717) is 5.69 Å². The molecule has 0 spiro atoms. The Morgan fingerprint density at radius 3 is 2.43 bits per heavy atom. The van der Waals surface area contributed by atoms with E-state index in [1.807, 2.05) is 0 Å². The lowest BCUT2D eigenvalue weighted by atomic mass is 10.2. The fraction of sp³-hybridized carbons (Fsp3) is 0.286. The maximum Gasteiger partial charge on any atom is 0.408 e. The fourth-order valence-corrected chi connectivity index (χ4v) is 3.48. The van der Waals surface area contributed by atoms with Crippen LogP contribution in [0.25, 0.3) is 16.6 Å². The number of carbonyl (C=O) groups excluding carboxylic acids is 1. The molecule has 6 nitrogen and oxygen atoms in total. The van der Waals surface area contributed by atoms with Crippen molar-refractivity contribution < 1.29 is 13.9 Å². The normalized spacial score (nSPS) is 12.6. The van der Waals surface area contributed by atoms with E-state index in [1.54, 1.807) is 27.7 Å². The maximum absolute atomic E-state index is 14.4. The summed E-state index contributed by atoms with van der Waals surface area (Å²) in [6.07, 6.45) is -0.681. The summed E-state index contributed by atoms with van der Waals surface area (Å²) in [4.78, 5) is 30.0. The Kier molecular flexibility index (Phi) is 6.06. The van der Waals surface area contributed by atoms with E-state index in [0.717, 1.165) is 0 Å². The molecule has 2 aromatic carbocycles. The molecule has 1 atom stereocenters. The van der Waals surface area contributed by atoms with Crippen molar-refractivity contribution in [3.63, 3.8) is 0 Å². The molecule has 1 amide bonds. The number of nitrogens with zero attached hydrogens (tertiary/aromatic N) is 2. The monoisotopic (exact) mass is 451 g/mol. The summed E-state index contributed by atoms with van der Waals surface area (Å²) in [6, 6.07) is 7.94. The molecular formula is C21H20Cl2FN3O3. The molecule has 0 radical (unpaired) electrons. The van der Waals surface area contributed by atoms with Crippen molar-refractivity contribution in [3.8, 4) is 5.69 Å². The second kappa shape index (κ2) is 8.24. The highest BCUT2D eigenvalue weighted by atomic mass is 35.5. The van der Waals surface area contributed by atoms with Crippen molar-refractivity contribution in [2.75, 3.05) is 0 Å². The van der Waals surface area contributed by atoms with Gasteiger partial charge in [-0.05, 0) is 58.0 Å². The number of rotatable bonds is 3. The van der Waals surface area contributed by atoms with Crippen LogP contribution < -0.4 is 10.9 Å². The summed E-state index contributed by atoms with van der Waals surface area (Å²) >= 11 is 12.2. The first kappa shape index (κ1) is 22.1. The number of carbonyl (C=O) groups is 1. The molecule has 9 heteroatoms. The summed E-state index contributed by atoms with van der Waals surface area (Å²) in [5.41, 5.74) is -0.895. The van der Waals surface area contributed by atoms with Crippen LogP contribution in [0.4, 0.5) is 9.18 Å². The van der Waals surface area contributed by atoms with Crippen LogP contribution in [-0.4, -0.2) is 21.2 Å². The molecule has 0 aliphatic rings. The van der Waals surface area contributed by atoms with Crippen LogP contribution in [0.15, 0.2) is 41.2 Å². The van der Waals surface area contributed by atoms with Crippen LogP contribution in [0.1, 0.15) is 39.6 Å². The molecule has 30 heavy (non-hydrogen) atoms. The third kappa shape index (κ3) is 4.74. The third-order valence-corrected chi connectivity index (χ3v) is 4.54. The van der Waals surface area contributed by atoms with Crippen molar-refractivity contribution in [1.29, 1.82) is 0 Å². The standard InChI is InChI=1S/C21H20Cl2FN3O3/c1-11(25-20(29)30-21(2,3)4)18-26-16-7-5-6-15(24)17(16)19(28)27(18)14-9-12(22)8-13(23)10-14/h5-11H,1-4H3,(H,25,29). The Labute approximate surface area is 182 Å². The van der Waals surface area contributed by atoms with Crippen molar-refractivity contribution >= 4 is 40.2 Å². The first-order valence-electron chi connectivity index (χ1n) is 9.13. The van der Waals surface area contributed by atoms with E-state index < -0.39 is 29.1 Å². The van der Waals surface area contributed by atoms with Gasteiger partial charge in [-0.3, -0.25) is 9.36 Å². The molecule has 0 saturated carbocycles. The Bertz CT molecular complexity index is 1170. The van der Waals surface area contributed by atoms with Crippen LogP contribution in [-0.2, 0) is 4.74 Å². The molecule has 0 aliphatic carbocycles. The van der Waals surface area contributed by atoms with Crippen LogP contribution in [0.2, 0.25) is 10.0 Å². The van der Waals surface area contributed by atoms with Gasteiger partial charge in [0.25, 0.3) is 5.56 Å². The first-order valence-corrected chi connectivity index (χ1v) is 9.89. The van der Waals surface area contributed by atoms with Crippen LogP contribution in [0, 0.1) is 5.82 Å². The zero-order chi connectivity index (χ0) is 22.2. The molecule has 158 valence electrons. The van der Waals surface area contributed by atoms with Crippen LogP contribution in [0.3, 0.4) is 0 Å². The molecule has 0 aliphatic heterocycles. The molecule has 3 rings (SSSR count). The fourth-order valence-electron chi connectivity index (χ4n) is 2.96. The summed E-state index contributed by atoms with van der Waals surface area (Å²) in [5, 5.41) is 3.05. The number of halogens is 3. The first-order chi connectivity index (χ1) is 14.0. The number of amides is 1. The highest BCUT2D eigenvalue weighted by molar-refractivity contribution is 6.34. The number of aromatic nitrogens is 2. The van der Waals surface area contributed by atoms with Gasteiger partial charge in [-0.15, -0.1) is 0 Å². The third-order valence-electron chi connectivity index (χ3n) is 4.10. The highest BCUT2D eigenvalue weighted by Crippen LogP contribution is 2.25. The zero-order valence-corrected chi connectivity index (χ0v) is 18.3. The number of alkyl carbamates (subject to hydrolysis) is 1. The van der Waals surface area contributed by atoms with Crippen LogP contribution in [0.5, 0.6) is 0 Å². The molecule has 1 heterocycles. The highest BCUT2D eigenvalue weighted by Gasteiger charge is 2.24. The molecule has 0 fully saturated rings. The molecular weight excluding hydrogens is 432 g/mol. The Morgan fingerprint density at radius 2 is 1.83 bits per heavy atom. The summed E-state index contributed by atoms with van der Waals surface area (Å²) in [6.45, 7) is 6.84. The average Bonchev–Trinajstić information content (AvgIpc) is 2.58. The number of fused-ring (bicyclic) bond motifs is 1. The van der Waals surface area contributed by atoms with Crippen molar-refractivity contribution in [1.82, 2.24) is 14.9 Å². The zero-order valence-electron chi connectivity index (χ0n) is 16.8. The Balaban J connectivity index is 2.22. The van der Waals surface area contributed by atoms with E-state index in [9.17, 15) is 14.0 Å². The van der Waals surface area contributed by atoms with Gasteiger partial charge >= 0.3 is 6.09 Å². The van der Waals surface area contributed by atoms with Gasteiger partial charge in [0, 0.05) is 10.0 Å². The number of nitrogens with one attached hydrogen (secondary N) is 1. The molecule has 0 saturated heterocycles. The van der Waals surface area contributed by atoms with Gasteiger partial charge < -0.3 is 10.1 Å². The second-order valence-corrected chi connectivity index (χ2v) is 8.61. The number of ether oxygens (including phenoxy) is 1. The quantitative estimate of drug-likeness (QED) is 0.576. The lowest BCUT2D eigenvalue weighted by Gasteiger charge is -2.23. The van der Waals surface area contributed by atoms with E-state index in [-0.39, 0.29) is 26.8 Å². The summed E-state index contributed by atoms with van der Waals surface area (Å²) < 4.78 is 20.9. The predicted molar refractivity (Wildman–Crippen MR) is 115 cm³/mol. The topological polar surface area (TPSA) is 73.2 Å². The van der Waals surface area contributed by atoms with Gasteiger partial charge in [-0.2, -0.15) is 0 Å². The minimum absolute atomic E-state index is 0.164. The van der Waals surface area contributed by atoms with Gasteiger partial charge in [0.1, 0.15) is 22.6 Å². The van der Waals surface area contributed by atoms with E-state index in [1.165, 1.54) is 41.0 Å². The lowest BCUT2D eigenvalue weighted by molar-refractivity contribution is 0.0505. The molecule has 0 bridgehead atoms. The largest absolute Gasteiger partial charge is 0.444 e. The van der Waals surface area contributed by atoms with Crippen molar-refractivity contribution in [2.45, 2.75) is 39.3 Å². The van der Waals surface area contributed by atoms with Gasteiger partial charge in [0.05, 0.1) is 17.2 Å². The SMILES string of the molecule is CC(NC(=O)OC(C)(C)C)c1nc2cccc(F)c2c(=O)n1-c1cc(Cl)cc(Cl)c1. The van der Waals surface area contributed by atoms with Gasteiger partial charge in [-0.1, -0.05) is 29.3 Å². The van der Waals surface area contributed by atoms with E-state index in [4.69, 9.17) is 27.9 Å². The molecule has 1 aromatic heterocycles. The van der Waals surface area contributed by atoms with Crippen LogP contribution >= 0.6 is 23.2 Å². The van der Waals surface area contributed by atoms with Gasteiger partial charge in [0.15, 0.2) is 0 Å². The Hall–Kier alpha value is -2.64. The van der Waals surface area contributed by atoms with Crippen molar-refractivity contribution in [2.24, 2.45) is 0 Å². The average molecular weight is 452 g/mol. The van der Waals surface area contributed by atoms with E-state index in [2.05, 4.69) is 10.3 Å². The van der Waals surface area contributed by atoms with Gasteiger partial charge in [-0.25, -0.2) is 14.2 Å². The van der Waals surface area contributed by atoms with Gasteiger partial charge in [0.2, 0.25) is 0 Å². The molecule has 3 aromatic rings. The number of hydrogen-bond acceptors (Lipinski definition) is 4. The second-order valence-electron chi connectivity index (χ2n) is 7.74. The lowest BCUT2D eigenvalue weighted by Crippen LogP contribution is -2.37. The number of benzene rings is 2. The van der Waals surface area contributed by atoms with Crippen molar-refractivity contribution in [3.05, 3.63) is 68.4 Å². The maximum atomic E-state index is 14.4. The minimum atomic E-state index is -0.752. The smallest absolute Gasteiger partial charge is 0.408 e. The predicted octanol–water partition coefficient (Wildman–Crippen LogP) is 5.42. The summed E-state index contributed by atoms with van der Waals surface area (Å²) in [7, 11) is 0. The minimum Gasteiger partial charge on any atom is -0.444 e. The Morgan fingerprint density at radius 1 is 1.20 bits per heavy atom. The van der Waals surface area contributed by atoms with E-state index >= 15 is 0 Å². The summed E-state index contributed by atoms with van der Waals surface area (Å²) in [5.74, 6) is -0.534.